The smallest absolute Gasteiger partial charge is 0.170 e. The molecule has 0 aliphatic carbocycles. The van der Waals surface area contributed by atoms with E-state index in [1.165, 1.54) is 23.8 Å². The number of carbonyl (C=O) groups is 1. The van der Waals surface area contributed by atoms with E-state index in [4.69, 9.17) is 4.74 Å². The Morgan fingerprint density at radius 1 is 1.17 bits per heavy atom. The van der Waals surface area contributed by atoms with Crippen LogP contribution in [0, 0.1) is 5.92 Å². The molecular formula is C25H28O5. The summed E-state index contributed by atoms with van der Waals surface area (Å²) >= 11 is 0. The lowest BCUT2D eigenvalue weighted by molar-refractivity contribution is 0.0844. The van der Waals surface area contributed by atoms with E-state index < -0.39 is 6.10 Å². The van der Waals surface area contributed by atoms with Crippen molar-refractivity contribution in [2.24, 2.45) is 5.92 Å². The number of carbonyl (C=O) groups excluding carboxylic acids is 1. The normalized spacial score (nSPS) is 16.4. The molecule has 3 N–H and O–H groups in total. The van der Waals surface area contributed by atoms with Crippen LogP contribution < -0.4 is 4.74 Å². The number of phenols is 3. The monoisotopic (exact) mass is 408 g/mol. The Morgan fingerprint density at radius 3 is 2.53 bits per heavy atom. The van der Waals surface area contributed by atoms with Gasteiger partial charge in [0.2, 0.25) is 0 Å². The fourth-order valence-electron chi connectivity index (χ4n) is 3.69. The van der Waals surface area contributed by atoms with Crippen LogP contribution in [-0.4, -0.2) is 21.1 Å². The summed E-state index contributed by atoms with van der Waals surface area (Å²) in [5, 5.41) is 30.4. The summed E-state index contributed by atoms with van der Waals surface area (Å²) in [6, 6.07) is 7.32. The lowest BCUT2D eigenvalue weighted by Gasteiger charge is -2.29. The zero-order valence-electron chi connectivity index (χ0n) is 17.6. The summed E-state index contributed by atoms with van der Waals surface area (Å²) in [4.78, 5) is 12.8. The van der Waals surface area contributed by atoms with Crippen molar-refractivity contribution in [1.82, 2.24) is 0 Å². The molecule has 0 aromatic heterocycles. The van der Waals surface area contributed by atoms with E-state index in [-0.39, 0.29) is 35.4 Å². The van der Waals surface area contributed by atoms with Crippen molar-refractivity contribution >= 4 is 5.78 Å². The van der Waals surface area contributed by atoms with Crippen LogP contribution >= 0.6 is 0 Å². The minimum absolute atomic E-state index is 0.0667. The van der Waals surface area contributed by atoms with E-state index in [0.717, 1.165) is 12.0 Å². The molecule has 0 spiro atoms. The zero-order chi connectivity index (χ0) is 22.0. The highest BCUT2D eigenvalue weighted by molar-refractivity contribution is 6.00. The molecule has 1 aliphatic rings. The number of allylic oxidation sites excluding steroid dienone is 3. The van der Waals surface area contributed by atoms with Gasteiger partial charge in [-0.2, -0.15) is 0 Å². The summed E-state index contributed by atoms with van der Waals surface area (Å²) in [5.74, 6) is 0.180. The van der Waals surface area contributed by atoms with Crippen LogP contribution in [-0.2, 0) is 6.42 Å². The van der Waals surface area contributed by atoms with E-state index in [1.807, 2.05) is 20.8 Å². The second-order valence-electron chi connectivity index (χ2n) is 8.18. The van der Waals surface area contributed by atoms with Crippen molar-refractivity contribution in [3.8, 4) is 23.0 Å². The minimum Gasteiger partial charge on any atom is -0.508 e. The van der Waals surface area contributed by atoms with Crippen molar-refractivity contribution in [1.29, 1.82) is 0 Å². The molecule has 0 bridgehead atoms. The van der Waals surface area contributed by atoms with Gasteiger partial charge in [0.1, 0.15) is 29.1 Å². The highest BCUT2D eigenvalue weighted by Gasteiger charge is 2.32. The molecule has 30 heavy (non-hydrogen) atoms. The van der Waals surface area contributed by atoms with Gasteiger partial charge in [-0.25, -0.2) is 0 Å². The Balaban J connectivity index is 2.00. The van der Waals surface area contributed by atoms with Crippen molar-refractivity contribution in [2.45, 2.75) is 46.1 Å². The molecule has 158 valence electrons. The average molecular weight is 408 g/mol. The number of phenolic OH excluding ortho intramolecular Hbond substituents is 3. The zero-order valence-corrected chi connectivity index (χ0v) is 17.6. The van der Waals surface area contributed by atoms with Crippen molar-refractivity contribution < 1.29 is 24.9 Å². The maximum Gasteiger partial charge on any atom is 0.170 e. The van der Waals surface area contributed by atoms with Crippen molar-refractivity contribution in [3.63, 3.8) is 0 Å². The SMILES string of the molecule is C=C(C)[C@@H](CC=C(C)C)Cc1c(O)ccc2c1O[C@H](c1ccc(O)cc1O)CC2=O. The van der Waals surface area contributed by atoms with Gasteiger partial charge in [0, 0.05) is 17.2 Å². The number of rotatable bonds is 6. The van der Waals surface area contributed by atoms with E-state index >= 15 is 0 Å². The molecule has 2 aromatic rings. The number of ether oxygens (including phenoxy) is 1. The molecular weight excluding hydrogens is 380 g/mol. The van der Waals surface area contributed by atoms with Gasteiger partial charge < -0.3 is 20.1 Å². The molecule has 0 fully saturated rings. The molecule has 0 saturated heterocycles. The third-order valence-electron chi connectivity index (χ3n) is 5.49. The van der Waals surface area contributed by atoms with Crippen molar-refractivity contribution in [2.75, 3.05) is 0 Å². The van der Waals surface area contributed by atoms with E-state index in [9.17, 15) is 20.1 Å². The van der Waals surface area contributed by atoms with Crippen LogP contribution in [0.5, 0.6) is 23.0 Å². The first-order valence-corrected chi connectivity index (χ1v) is 10.0. The molecule has 0 radical (unpaired) electrons. The van der Waals surface area contributed by atoms with Crippen LogP contribution in [0.1, 0.15) is 61.2 Å². The van der Waals surface area contributed by atoms with Gasteiger partial charge in [-0.05, 0) is 63.8 Å². The van der Waals surface area contributed by atoms with Crippen LogP contribution in [0.25, 0.3) is 0 Å². The lowest BCUT2D eigenvalue weighted by atomic mass is 9.86. The first-order valence-electron chi connectivity index (χ1n) is 10.0. The number of hydrogen-bond donors (Lipinski definition) is 3. The van der Waals surface area contributed by atoms with Gasteiger partial charge in [-0.3, -0.25) is 4.79 Å². The van der Waals surface area contributed by atoms with Gasteiger partial charge in [0.05, 0.1) is 12.0 Å². The van der Waals surface area contributed by atoms with Gasteiger partial charge in [0.25, 0.3) is 0 Å². The standard InChI is InChI=1S/C25H28O5/c1-14(2)5-6-16(15(3)4)11-20-21(27)10-9-19-23(29)13-24(30-25(19)20)18-8-7-17(26)12-22(18)28/h5,7-10,12,16,24,26-28H,3,6,11,13H2,1-2,4H3/t16-,24-/m0/s1. The summed E-state index contributed by atoms with van der Waals surface area (Å²) in [5.41, 5.74) is 3.61. The fraction of sp³-hybridized carbons (Fsp3) is 0.320. The Hall–Kier alpha value is -3.21. The molecule has 1 heterocycles. The molecule has 2 aromatic carbocycles. The Kier molecular flexibility index (Phi) is 6.20. The average Bonchev–Trinajstić information content (AvgIpc) is 2.66. The largest absolute Gasteiger partial charge is 0.508 e. The topological polar surface area (TPSA) is 87.0 Å². The molecule has 0 unspecified atom stereocenters. The van der Waals surface area contributed by atoms with E-state index in [0.29, 0.717) is 28.9 Å². The molecule has 0 saturated carbocycles. The first-order chi connectivity index (χ1) is 14.2. The second kappa shape index (κ2) is 8.66. The van der Waals surface area contributed by atoms with Gasteiger partial charge >= 0.3 is 0 Å². The first kappa shape index (κ1) is 21.5. The maximum absolute atomic E-state index is 12.8. The van der Waals surface area contributed by atoms with Crippen LogP contribution in [0.3, 0.4) is 0 Å². The number of fused-ring (bicyclic) bond motifs is 1. The summed E-state index contributed by atoms with van der Waals surface area (Å²) in [6.45, 7) is 10.1. The Bertz CT molecular complexity index is 1010. The van der Waals surface area contributed by atoms with Crippen LogP contribution in [0.4, 0.5) is 0 Å². The fourth-order valence-corrected chi connectivity index (χ4v) is 3.69. The predicted molar refractivity (Wildman–Crippen MR) is 116 cm³/mol. The molecule has 3 rings (SSSR count). The number of hydrogen-bond acceptors (Lipinski definition) is 5. The molecule has 5 heteroatoms. The van der Waals surface area contributed by atoms with Gasteiger partial charge in [-0.1, -0.05) is 23.8 Å². The highest BCUT2D eigenvalue weighted by Crippen LogP contribution is 2.44. The van der Waals surface area contributed by atoms with Gasteiger partial charge in [0.15, 0.2) is 5.78 Å². The number of benzene rings is 2. The Morgan fingerprint density at radius 2 is 1.90 bits per heavy atom. The maximum atomic E-state index is 12.8. The third kappa shape index (κ3) is 4.51. The molecule has 5 nitrogen and oxygen atoms in total. The van der Waals surface area contributed by atoms with Crippen molar-refractivity contribution in [3.05, 3.63) is 70.8 Å². The number of ketones is 1. The quantitative estimate of drug-likeness (QED) is 0.542. The van der Waals surface area contributed by atoms with E-state index in [2.05, 4.69) is 12.7 Å². The van der Waals surface area contributed by atoms with Gasteiger partial charge in [-0.15, -0.1) is 0 Å². The number of aromatic hydroxyl groups is 3. The van der Waals surface area contributed by atoms with E-state index in [1.54, 1.807) is 12.1 Å². The number of Topliss-reactive ketones (excluding diaryl/α,β-unsaturated/α-hetero) is 1. The highest BCUT2D eigenvalue weighted by atomic mass is 16.5. The predicted octanol–water partition coefficient (Wildman–Crippen LogP) is 5.60. The summed E-state index contributed by atoms with van der Waals surface area (Å²) in [7, 11) is 0. The third-order valence-corrected chi connectivity index (χ3v) is 5.49. The minimum atomic E-state index is -0.702. The van der Waals surface area contributed by atoms with Crippen LogP contribution in [0.15, 0.2) is 54.1 Å². The lowest BCUT2D eigenvalue weighted by Crippen LogP contribution is -2.22. The molecule has 2 atom stereocenters. The van der Waals surface area contributed by atoms with Crippen LogP contribution in [0.2, 0.25) is 0 Å². The molecule has 0 amide bonds. The second-order valence-corrected chi connectivity index (χ2v) is 8.18. The Labute approximate surface area is 177 Å². The summed E-state index contributed by atoms with van der Waals surface area (Å²) in [6.07, 6.45) is 2.76. The summed E-state index contributed by atoms with van der Waals surface area (Å²) < 4.78 is 6.16. The molecule has 1 aliphatic heterocycles.